The third-order valence-electron chi connectivity index (χ3n) is 2.28. The van der Waals surface area contributed by atoms with Crippen LogP contribution < -0.4 is 0 Å². The smallest absolute Gasteiger partial charge is 0.0196 e. The Balaban J connectivity index is 4.00. The summed E-state index contributed by atoms with van der Waals surface area (Å²) in [5, 5.41) is 0. The Morgan fingerprint density at radius 1 is 1.33 bits per heavy atom. The third-order valence-corrected chi connectivity index (χ3v) is 2.28. The van der Waals surface area contributed by atoms with Gasteiger partial charge in [0.1, 0.15) is 0 Å². The molecule has 0 rings (SSSR count). The first-order valence-electron chi connectivity index (χ1n) is 5.08. The molecule has 0 spiro atoms. The molecular formula is C12H22. The second kappa shape index (κ2) is 7.15. The quantitative estimate of drug-likeness (QED) is 0.533. The summed E-state index contributed by atoms with van der Waals surface area (Å²) in [4.78, 5) is 0. The first-order chi connectivity index (χ1) is 5.76. The topological polar surface area (TPSA) is 0 Å². The largest absolute Gasteiger partial charge is 0.0843 e. The van der Waals surface area contributed by atoms with Crippen molar-refractivity contribution in [1.82, 2.24) is 0 Å². The molecule has 0 amide bonds. The summed E-state index contributed by atoms with van der Waals surface area (Å²) in [6, 6.07) is 0. The van der Waals surface area contributed by atoms with Crippen LogP contribution in [0.2, 0.25) is 0 Å². The lowest BCUT2D eigenvalue weighted by Crippen LogP contribution is -1.94. The number of rotatable bonds is 5. The van der Waals surface area contributed by atoms with E-state index in [9.17, 15) is 0 Å². The van der Waals surface area contributed by atoms with E-state index in [0.29, 0.717) is 5.92 Å². The monoisotopic (exact) mass is 166 g/mol. The van der Waals surface area contributed by atoms with Crippen molar-refractivity contribution in [3.63, 3.8) is 0 Å². The van der Waals surface area contributed by atoms with Crippen LogP contribution in [-0.4, -0.2) is 0 Å². The van der Waals surface area contributed by atoms with Crippen LogP contribution in [0.3, 0.4) is 0 Å². The molecule has 70 valence electrons. The molecule has 0 radical (unpaired) electrons. The van der Waals surface area contributed by atoms with Crippen LogP contribution in [0.4, 0.5) is 0 Å². The van der Waals surface area contributed by atoms with Gasteiger partial charge in [-0.1, -0.05) is 45.4 Å². The summed E-state index contributed by atoms with van der Waals surface area (Å²) < 4.78 is 0. The molecule has 1 atom stereocenters. The van der Waals surface area contributed by atoms with Crippen LogP contribution in [0, 0.1) is 5.92 Å². The van der Waals surface area contributed by atoms with Gasteiger partial charge in [0.05, 0.1) is 0 Å². The van der Waals surface area contributed by atoms with Gasteiger partial charge in [0.15, 0.2) is 0 Å². The average Bonchev–Trinajstić information content (AvgIpc) is 2.11. The molecule has 0 bridgehead atoms. The Labute approximate surface area is 77.4 Å². The first kappa shape index (κ1) is 11.5. The van der Waals surface area contributed by atoms with E-state index in [-0.39, 0.29) is 0 Å². The van der Waals surface area contributed by atoms with Gasteiger partial charge in [0, 0.05) is 0 Å². The van der Waals surface area contributed by atoms with Crippen LogP contribution in [0.15, 0.2) is 23.8 Å². The highest BCUT2D eigenvalue weighted by molar-refractivity contribution is 5.20. The van der Waals surface area contributed by atoms with E-state index in [1.807, 2.05) is 0 Å². The van der Waals surface area contributed by atoms with Gasteiger partial charge in [0.2, 0.25) is 0 Å². The van der Waals surface area contributed by atoms with E-state index in [0.717, 1.165) is 0 Å². The minimum atomic E-state index is 0.711. The molecule has 0 aliphatic heterocycles. The Bertz CT molecular complexity index is 151. The molecule has 0 aromatic heterocycles. The SMILES string of the molecule is CC=C(C=CCCC)C(C)CC. The maximum absolute atomic E-state index is 2.28. The summed E-state index contributed by atoms with van der Waals surface area (Å²) in [7, 11) is 0. The summed E-state index contributed by atoms with van der Waals surface area (Å²) in [6.45, 7) is 8.86. The van der Waals surface area contributed by atoms with Crippen LogP contribution in [0.5, 0.6) is 0 Å². The maximum atomic E-state index is 2.28. The van der Waals surface area contributed by atoms with Crippen LogP contribution >= 0.6 is 0 Å². The van der Waals surface area contributed by atoms with Crippen molar-refractivity contribution in [3.8, 4) is 0 Å². The van der Waals surface area contributed by atoms with Gasteiger partial charge in [-0.2, -0.15) is 0 Å². The molecule has 0 fully saturated rings. The summed E-state index contributed by atoms with van der Waals surface area (Å²) >= 11 is 0. The molecule has 0 aromatic carbocycles. The molecule has 1 unspecified atom stereocenters. The summed E-state index contributed by atoms with van der Waals surface area (Å²) in [5.74, 6) is 0.711. The molecule has 12 heavy (non-hydrogen) atoms. The fraction of sp³-hybridized carbons (Fsp3) is 0.667. The summed E-state index contributed by atoms with van der Waals surface area (Å²) in [5.41, 5.74) is 1.48. The fourth-order valence-electron chi connectivity index (χ4n) is 1.17. The standard InChI is InChI=1S/C12H22/c1-5-8-9-10-12(7-3)11(4)6-2/h7,9-11H,5-6,8H2,1-4H3. The minimum Gasteiger partial charge on any atom is -0.0843 e. The van der Waals surface area contributed by atoms with Crippen molar-refractivity contribution in [1.29, 1.82) is 0 Å². The highest BCUT2D eigenvalue weighted by atomic mass is 14.1. The Morgan fingerprint density at radius 2 is 2.00 bits per heavy atom. The van der Waals surface area contributed by atoms with Crippen molar-refractivity contribution in [2.75, 3.05) is 0 Å². The first-order valence-corrected chi connectivity index (χ1v) is 5.08. The molecule has 0 saturated carbocycles. The minimum absolute atomic E-state index is 0.711. The Morgan fingerprint density at radius 3 is 2.42 bits per heavy atom. The van der Waals surface area contributed by atoms with Crippen LogP contribution in [0.25, 0.3) is 0 Å². The molecule has 0 heteroatoms. The molecular weight excluding hydrogens is 144 g/mol. The lowest BCUT2D eigenvalue weighted by atomic mass is 9.97. The van der Waals surface area contributed by atoms with Crippen molar-refractivity contribution >= 4 is 0 Å². The third kappa shape index (κ3) is 4.38. The lowest BCUT2D eigenvalue weighted by Gasteiger charge is -2.08. The van der Waals surface area contributed by atoms with Crippen molar-refractivity contribution in [3.05, 3.63) is 23.8 Å². The van der Waals surface area contributed by atoms with E-state index < -0.39 is 0 Å². The maximum Gasteiger partial charge on any atom is -0.0196 e. The average molecular weight is 166 g/mol. The van der Waals surface area contributed by atoms with Crippen molar-refractivity contribution in [2.45, 2.75) is 47.0 Å². The molecule has 0 aliphatic carbocycles. The number of hydrogen-bond donors (Lipinski definition) is 0. The van der Waals surface area contributed by atoms with Gasteiger partial charge >= 0.3 is 0 Å². The Kier molecular flexibility index (Phi) is 6.84. The highest BCUT2D eigenvalue weighted by Crippen LogP contribution is 2.15. The molecule has 0 N–H and O–H groups in total. The van der Waals surface area contributed by atoms with Gasteiger partial charge in [-0.15, -0.1) is 0 Å². The second-order valence-corrected chi connectivity index (χ2v) is 3.29. The Hall–Kier alpha value is -0.520. The molecule has 0 aromatic rings. The molecule has 0 saturated heterocycles. The van der Waals surface area contributed by atoms with E-state index in [2.05, 4.69) is 45.9 Å². The van der Waals surface area contributed by atoms with Gasteiger partial charge in [-0.05, 0) is 31.3 Å². The van der Waals surface area contributed by atoms with Crippen LogP contribution in [-0.2, 0) is 0 Å². The predicted molar refractivity (Wildman–Crippen MR) is 57.3 cm³/mol. The molecule has 0 heterocycles. The van der Waals surface area contributed by atoms with Gasteiger partial charge < -0.3 is 0 Å². The molecule has 0 aliphatic rings. The predicted octanol–water partition coefficient (Wildman–Crippen LogP) is 4.34. The van der Waals surface area contributed by atoms with Crippen molar-refractivity contribution in [2.24, 2.45) is 5.92 Å². The number of unbranched alkanes of at least 4 members (excludes halogenated alkanes) is 1. The lowest BCUT2D eigenvalue weighted by molar-refractivity contribution is 0.668. The molecule has 0 nitrogen and oxygen atoms in total. The number of allylic oxidation sites excluding steroid dienone is 4. The zero-order valence-electron chi connectivity index (χ0n) is 8.93. The zero-order valence-corrected chi connectivity index (χ0v) is 8.93. The van der Waals surface area contributed by atoms with Crippen molar-refractivity contribution < 1.29 is 0 Å². The van der Waals surface area contributed by atoms with E-state index >= 15 is 0 Å². The zero-order chi connectivity index (χ0) is 9.40. The summed E-state index contributed by atoms with van der Waals surface area (Å²) in [6.07, 6.45) is 10.5. The second-order valence-electron chi connectivity index (χ2n) is 3.29. The van der Waals surface area contributed by atoms with E-state index in [1.54, 1.807) is 0 Å². The van der Waals surface area contributed by atoms with E-state index in [1.165, 1.54) is 24.8 Å². The highest BCUT2D eigenvalue weighted by Gasteiger charge is 2.00. The van der Waals surface area contributed by atoms with Crippen LogP contribution in [0.1, 0.15) is 47.0 Å². The normalized spacial score (nSPS) is 15.5. The number of hydrogen-bond acceptors (Lipinski definition) is 0. The van der Waals surface area contributed by atoms with Gasteiger partial charge in [-0.25, -0.2) is 0 Å². The van der Waals surface area contributed by atoms with Gasteiger partial charge in [-0.3, -0.25) is 0 Å². The fourth-order valence-corrected chi connectivity index (χ4v) is 1.17. The van der Waals surface area contributed by atoms with E-state index in [4.69, 9.17) is 0 Å². The van der Waals surface area contributed by atoms with Gasteiger partial charge in [0.25, 0.3) is 0 Å².